The molecule has 4 rings (SSSR count). The number of carbonyl (C=O) groups excluding carboxylic acids is 2. The van der Waals surface area contributed by atoms with E-state index in [1.165, 1.54) is 28.0 Å². The summed E-state index contributed by atoms with van der Waals surface area (Å²) in [7, 11) is 0. The molecule has 1 aromatic carbocycles. The second-order valence-electron chi connectivity index (χ2n) is 9.41. The zero-order valence-electron chi connectivity index (χ0n) is 22.1. The van der Waals surface area contributed by atoms with Gasteiger partial charge in [-0.3, -0.25) is 4.79 Å². The van der Waals surface area contributed by atoms with E-state index in [0.29, 0.717) is 34.7 Å². The Labute approximate surface area is 226 Å². The first-order chi connectivity index (χ1) is 17.8. The van der Waals surface area contributed by atoms with Crippen LogP contribution in [0.15, 0.2) is 23.4 Å². The number of carbonyl (C=O) groups is 2. The molecule has 0 atom stereocenters. The maximum atomic E-state index is 12.9. The van der Waals surface area contributed by atoms with Crippen molar-refractivity contribution in [2.45, 2.75) is 84.7 Å². The number of aromatic nitrogens is 3. The number of hydrogen-bond acceptors (Lipinski definition) is 8. The van der Waals surface area contributed by atoms with Crippen LogP contribution in [0.1, 0.15) is 71.4 Å². The van der Waals surface area contributed by atoms with Gasteiger partial charge in [0, 0.05) is 11.4 Å². The summed E-state index contributed by atoms with van der Waals surface area (Å²) in [5.74, 6) is 1.12. The number of hydrogen-bond donors (Lipinski definition) is 1. The van der Waals surface area contributed by atoms with E-state index < -0.39 is 0 Å². The van der Waals surface area contributed by atoms with Crippen molar-refractivity contribution < 1.29 is 19.1 Å². The van der Waals surface area contributed by atoms with Crippen molar-refractivity contribution in [1.29, 1.82) is 0 Å². The highest BCUT2D eigenvalue weighted by atomic mass is 32.2. The third kappa shape index (κ3) is 6.54. The van der Waals surface area contributed by atoms with Gasteiger partial charge >= 0.3 is 5.97 Å². The lowest BCUT2D eigenvalue weighted by atomic mass is 9.95. The van der Waals surface area contributed by atoms with Crippen LogP contribution in [0, 0.1) is 13.8 Å². The highest BCUT2D eigenvalue weighted by Gasteiger charge is 2.28. The number of fused-ring (bicyclic) bond motifs is 1. The summed E-state index contributed by atoms with van der Waals surface area (Å²) in [6, 6.07) is 6.10. The van der Waals surface area contributed by atoms with E-state index >= 15 is 0 Å². The number of aryl methyl sites for hydroxylation is 3. The molecule has 0 radical (unpaired) electrons. The summed E-state index contributed by atoms with van der Waals surface area (Å²) >= 11 is 2.81. The first-order valence-corrected chi connectivity index (χ1v) is 14.5. The van der Waals surface area contributed by atoms with E-state index in [9.17, 15) is 9.59 Å². The molecule has 0 fully saturated rings. The van der Waals surface area contributed by atoms with Gasteiger partial charge in [0.2, 0.25) is 5.91 Å². The van der Waals surface area contributed by atoms with E-state index in [1.54, 1.807) is 0 Å². The number of amides is 1. The lowest BCUT2D eigenvalue weighted by Gasteiger charge is -2.14. The van der Waals surface area contributed by atoms with Crippen molar-refractivity contribution in [2.75, 3.05) is 11.1 Å². The van der Waals surface area contributed by atoms with Crippen LogP contribution in [0.3, 0.4) is 0 Å². The van der Waals surface area contributed by atoms with E-state index in [4.69, 9.17) is 9.47 Å². The molecule has 0 saturated carbocycles. The molecule has 37 heavy (non-hydrogen) atoms. The summed E-state index contributed by atoms with van der Waals surface area (Å²) < 4.78 is 13.5. The Morgan fingerprint density at radius 2 is 1.97 bits per heavy atom. The average Bonchev–Trinajstić information content (AvgIpc) is 3.42. The first-order valence-electron chi connectivity index (χ1n) is 12.7. The van der Waals surface area contributed by atoms with Crippen LogP contribution in [0.2, 0.25) is 0 Å². The van der Waals surface area contributed by atoms with Gasteiger partial charge in [-0.15, -0.1) is 21.5 Å². The minimum absolute atomic E-state index is 0.150. The minimum atomic E-state index is -0.364. The second kappa shape index (κ2) is 12.1. The van der Waals surface area contributed by atoms with Crippen molar-refractivity contribution in [3.05, 3.63) is 51.2 Å². The maximum Gasteiger partial charge on any atom is 0.341 e. The number of anilines is 1. The van der Waals surface area contributed by atoms with E-state index in [-0.39, 0.29) is 23.7 Å². The Hall–Kier alpha value is -2.85. The topological polar surface area (TPSA) is 95.3 Å². The number of ether oxygens (including phenoxy) is 2. The van der Waals surface area contributed by atoms with Crippen LogP contribution in [-0.2, 0) is 35.5 Å². The maximum absolute atomic E-state index is 12.9. The Morgan fingerprint density at radius 3 is 2.73 bits per heavy atom. The number of rotatable bonds is 10. The van der Waals surface area contributed by atoms with Crippen LogP contribution < -0.4 is 10.1 Å². The van der Waals surface area contributed by atoms with Crippen molar-refractivity contribution in [2.24, 2.45) is 0 Å². The van der Waals surface area contributed by atoms with Crippen LogP contribution >= 0.6 is 23.1 Å². The Kier molecular flexibility index (Phi) is 8.91. The first kappa shape index (κ1) is 27.2. The van der Waals surface area contributed by atoms with Gasteiger partial charge in [0.05, 0.1) is 17.4 Å². The van der Waals surface area contributed by atoms with E-state index in [0.717, 1.165) is 48.1 Å². The van der Waals surface area contributed by atoms with Gasteiger partial charge in [-0.2, -0.15) is 0 Å². The monoisotopic (exact) mass is 542 g/mol. The van der Waals surface area contributed by atoms with Crippen LogP contribution in [-0.4, -0.2) is 38.5 Å². The second-order valence-corrected chi connectivity index (χ2v) is 11.5. The van der Waals surface area contributed by atoms with Crippen molar-refractivity contribution >= 4 is 40.0 Å². The smallest absolute Gasteiger partial charge is 0.341 e. The fourth-order valence-corrected chi connectivity index (χ4v) is 6.41. The van der Waals surface area contributed by atoms with Gasteiger partial charge in [0.15, 0.2) is 11.0 Å². The molecule has 0 aliphatic heterocycles. The molecule has 1 aliphatic carbocycles. The summed E-state index contributed by atoms with van der Waals surface area (Å²) in [6.45, 7) is 10.7. The standard InChI is InChI=1S/C27H34N4O4S2/c1-6-31-22(14-34-20-13-17(4)11-12-18(20)5)29-30-27(31)36-15-23(32)28-25-24(26(33)35-16(2)3)19-9-7-8-10-21(19)37-25/h11-13,16H,6-10,14-15H2,1-5H3,(H,28,32). The molecule has 0 saturated heterocycles. The zero-order chi connectivity index (χ0) is 26.5. The molecule has 2 heterocycles. The molecule has 0 bridgehead atoms. The summed E-state index contributed by atoms with van der Waals surface area (Å²) in [6.07, 6.45) is 3.68. The van der Waals surface area contributed by atoms with Crippen molar-refractivity contribution in [3.63, 3.8) is 0 Å². The van der Waals surface area contributed by atoms with Crippen molar-refractivity contribution in [3.8, 4) is 5.75 Å². The summed E-state index contributed by atoms with van der Waals surface area (Å²) in [5.41, 5.74) is 3.75. The lowest BCUT2D eigenvalue weighted by molar-refractivity contribution is -0.113. The van der Waals surface area contributed by atoms with Gasteiger partial charge < -0.3 is 19.4 Å². The predicted octanol–water partition coefficient (Wildman–Crippen LogP) is 5.73. The minimum Gasteiger partial charge on any atom is -0.485 e. The number of nitrogens with zero attached hydrogens (tertiary/aromatic N) is 3. The van der Waals surface area contributed by atoms with Crippen LogP contribution in [0.4, 0.5) is 5.00 Å². The molecule has 1 N–H and O–H groups in total. The highest BCUT2D eigenvalue weighted by molar-refractivity contribution is 7.99. The Morgan fingerprint density at radius 1 is 1.19 bits per heavy atom. The van der Waals surface area contributed by atoms with Gasteiger partial charge in [-0.05, 0) is 83.1 Å². The molecular formula is C27H34N4O4S2. The molecule has 0 spiro atoms. The fourth-order valence-electron chi connectivity index (χ4n) is 4.29. The molecule has 2 aromatic heterocycles. The van der Waals surface area contributed by atoms with E-state index in [1.807, 2.05) is 51.3 Å². The number of esters is 1. The number of thioether (sulfide) groups is 1. The number of benzene rings is 1. The highest BCUT2D eigenvalue weighted by Crippen LogP contribution is 2.39. The summed E-state index contributed by atoms with van der Waals surface area (Å²) in [5, 5.41) is 12.8. The van der Waals surface area contributed by atoms with Gasteiger partial charge in [0.1, 0.15) is 17.4 Å². The Bertz CT molecular complexity index is 1280. The molecule has 0 unspecified atom stereocenters. The van der Waals surface area contributed by atoms with Gasteiger partial charge in [-0.1, -0.05) is 23.9 Å². The molecule has 3 aromatic rings. The molecule has 1 amide bonds. The average molecular weight is 543 g/mol. The normalized spacial score (nSPS) is 12.9. The third-order valence-electron chi connectivity index (χ3n) is 6.11. The van der Waals surface area contributed by atoms with E-state index in [2.05, 4.69) is 21.6 Å². The third-order valence-corrected chi connectivity index (χ3v) is 8.29. The fraction of sp³-hybridized carbons (Fsp3) is 0.481. The summed E-state index contributed by atoms with van der Waals surface area (Å²) in [4.78, 5) is 26.9. The quantitative estimate of drug-likeness (QED) is 0.258. The molecule has 198 valence electrons. The van der Waals surface area contributed by atoms with Crippen molar-refractivity contribution in [1.82, 2.24) is 14.8 Å². The molecule has 1 aliphatic rings. The number of nitrogens with one attached hydrogen (secondary N) is 1. The SMILES string of the molecule is CCn1c(COc2cc(C)ccc2C)nnc1SCC(=O)Nc1sc2c(c1C(=O)OC(C)C)CCCC2. The Balaban J connectivity index is 1.42. The molecular weight excluding hydrogens is 508 g/mol. The molecule has 10 heteroatoms. The van der Waals surface area contributed by atoms with Gasteiger partial charge in [0.25, 0.3) is 0 Å². The number of thiophene rings is 1. The zero-order valence-corrected chi connectivity index (χ0v) is 23.7. The van der Waals surface area contributed by atoms with Gasteiger partial charge in [-0.25, -0.2) is 4.79 Å². The molecule has 8 nitrogen and oxygen atoms in total. The van der Waals surface area contributed by atoms with Crippen LogP contribution in [0.5, 0.6) is 5.75 Å². The van der Waals surface area contributed by atoms with Crippen LogP contribution in [0.25, 0.3) is 0 Å². The largest absolute Gasteiger partial charge is 0.485 e. The lowest BCUT2D eigenvalue weighted by Crippen LogP contribution is -2.19. The predicted molar refractivity (Wildman–Crippen MR) is 147 cm³/mol.